The van der Waals surface area contributed by atoms with E-state index >= 15 is 0 Å². The molecular weight excluding hydrogens is 360 g/mol. The van der Waals surface area contributed by atoms with Gasteiger partial charge in [-0.3, -0.25) is 4.79 Å². The van der Waals surface area contributed by atoms with Gasteiger partial charge in [-0.25, -0.2) is 0 Å². The number of anilines is 2. The van der Waals surface area contributed by atoms with Crippen molar-refractivity contribution in [1.29, 1.82) is 0 Å². The molecule has 5 nitrogen and oxygen atoms in total. The normalized spacial score (nSPS) is 13.4. The van der Waals surface area contributed by atoms with Crippen LogP contribution < -0.4 is 10.2 Å². The molecule has 5 heteroatoms. The van der Waals surface area contributed by atoms with Crippen LogP contribution in [0.5, 0.6) is 0 Å². The molecule has 0 aliphatic carbocycles. The number of nitrogens with zero attached hydrogens (tertiary/aromatic N) is 3. The molecule has 0 saturated carbocycles. The molecule has 1 amide bonds. The maximum absolute atomic E-state index is 12.2. The number of amides is 1. The Bertz CT molecular complexity index is 917. The summed E-state index contributed by atoms with van der Waals surface area (Å²) >= 11 is 0. The van der Waals surface area contributed by atoms with Crippen molar-refractivity contribution in [2.75, 3.05) is 23.3 Å². The summed E-state index contributed by atoms with van der Waals surface area (Å²) in [6.45, 7) is 2.13. The smallest absolute Gasteiger partial charge is 0.224 e. The Kier molecular flexibility index (Phi) is 6.15. The van der Waals surface area contributed by atoms with Crippen LogP contribution in [0.2, 0.25) is 0 Å². The van der Waals surface area contributed by atoms with Gasteiger partial charge in [0.15, 0.2) is 5.82 Å². The highest BCUT2D eigenvalue weighted by molar-refractivity contribution is 5.90. The third-order valence-corrected chi connectivity index (χ3v) is 5.26. The molecule has 1 fully saturated rings. The van der Waals surface area contributed by atoms with Gasteiger partial charge >= 0.3 is 0 Å². The van der Waals surface area contributed by atoms with Crippen LogP contribution in [0.4, 0.5) is 11.5 Å². The highest BCUT2D eigenvalue weighted by atomic mass is 16.1. The fourth-order valence-corrected chi connectivity index (χ4v) is 3.64. The van der Waals surface area contributed by atoms with Gasteiger partial charge in [0.25, 0.3) is 0 Å². The molecule has 2 aromatic carbocycles. The molecular formula is C24H26N4O. The van der Waals surface area contributed by atoms with Crippen molar-refractivity contribution >= 4 is 17.4 Å². The summed E-state index contributed by atoms with van der Waals surface area (Å²) in [5.74, 6) is 0.995. The summed E-state index contributed by atoms with van der Waals surface area (Å²) in [6.07, 6.45) is 4.72. The van der Waals surface area contributed by atoms with E-state index in [0.29, 0.717) is 6.42 Å². The molecule has 0 bridgehead atoms. The largest absolute Gasteiger partial charge is 0.355 e. The maximum Gasteiger partial charge on any atom is 0.224 e. The second kappa shape index (κ2) is 9.32. The lowest BCUT2D eigenvalue weighted by molar-refractivity contribution is -0.116. The first-order valence-electron chi connectivity index (χ1n) is 10.3. The number of hydrogen-bond acceptors (Lipinski definition) is 4. The Hall–Kier alpha value is -3.21. The van der Waals surface area contributed by atoms with Crippen LogP contribution >= 0.6 is 0 Å². The summed E-state index contributed by atoms with van der Waals surface area (Å²) in [6, 6.07) is 22.1. The van der Waals surface area contributed by atoms with Crippen LogP contribution in [-0.2, 0) is 11.2 Å². The van der Waals surface area contributed by atoms with Gasteiger partial charge in [0.05, 0.1) is 5.69 Å². The molecule has 1 N–H and O–H groups in total. The number of nitrogens with one attached hydrogen (secondary N) is 1. The van der Waals surface area contributed by atoms with Crippen molar-refractivity contribution < 1.29 is 4.79 Å². The second-order valence-electron chi connectivity index (χ2n) is 7.44. The van der Waals surface area contributed by atoms with E-state index in [1.54, 1.807) is 0 Å². The van der Waals surface area contributed by atoms with E-state index in [-0.39, 0.29) is 5.91 Å². The molecule has 2 heterocycles. The van der Waals surface area contributed by atoms with Gasteiger partial charge in [0.2, 0.25) is 5.91 Å². The minimum atomic E-state index is 0.0449. The van der Waals surface area contributed by atoms with Gasteiger partial charge in [-0.1, -0.05) is 42.5 Å². The molecule has 0 unspecified atom stereocenters. The van der Waals surface area contributed by atoms with E-state index in [1.807, 2.05) is 54.6 Å². The van der Waals surface area contributed by atoms with Crippen molar-refractivity contribution in [1.82, 2.24) is 10.2 Å². The maximum atomic E-state index is 12.2. The molecule has 1 saturated heterocycles. The lowest BCUT2D eigenvalue weighted by atomic mass is 10.1. The zero-order valence-corrected chi connectivity index (χ0v) is 16.6. The van der Waals surface area contributed by atoms with Crippen molar-refractivity contribution in [3.05, 3.63) is 72.3 Å². The van der Waals surface area contributed by atoms with Crippen LogP contribution in [0.1, 0.15) is 31.2 Å². The van der Waals surface area contributed by atoms with Crippen molar-refractivity contribution in [3.8, 4) is 11.3 Å². The minimum absolute atomic E-state index is 0.0449. The summed E-state index contributed by atoms with van der Waals surface area (Å²) < 4.78 is 0. The van der Waals surface area contributed by atoms with Crippen molar-refractivity contribution in [2.45, 2.75) is 32.1 Å². The van der Waals surface area contributed by atoms with Gasteiger partial charge in [-0.15, -0.1) is 10.2 Å². The van der Waals surface area contributed by atoms with E-state index in [2.05, 4.69) is 32.5 Å². The van der Waals surface area contributed by atoms with E-state index < -0.39 is 0 Å². The fraction of sp³-hybridized carbons (Fsp3) is 0.292. The van der Waals surface area contributed by atoms with Gasteiger partial charge in [0.1, 0.15) is 0 Å². The molecule has 4 rings (SSSR count). The Morgan fingerprint density at radius 3 is 2.34 bits per heavy atom. The zero-order chi connectivity index (χ0) is 19.9. The molecule has 1 aliphatic rings. The summed E-state index contributed by atoms with van der Waals surface area (Å²) in [7, 11) is 0. The SMILES string of the molecule is O=C(CCCc1ccccc1)Nc1ccc(-c2ccc(N3CCCC3)nn2)cc1. The average molecular weight is 386 g/mol. The van der Waals surface area contributed by atoms with Gasteiger partial charge in [-0.05, 0) is 55.5 Å². The predicted molar refractivity (Wildman–Crippen MR) is 117 cm³/mol. The molecule has 29 heavy (non-hydrogen) atoms. The Morgan fingerprint density at radius 2 is 1.66 bits per heavy atom. The lowest BCUT2D eigenvalue weighted by Crippen LogP contribution is -2.19. The Balaban J connectivity index is 1.28. The summed E-state index contributed by atoms with van der Waals surface area (Å²) in [5, 5.41) is 11.7. The zero-order valence-electron chi connectivity index (χ0n) is 16.6. The van der Waals surface area contributed by atoms with Crippen LogP contribution in [-0.4, -0.2) is 29.2 Å². The molecule has 0 radical (unpaired) electrons. The monoisotopic (exact) mass is 386 g/mol. The van der Waals surface area contributed by atoms with E-state index in [1.165, 1.54) is 18.4 Å². The molecule has 1 aromatic heterocycles. The third kappa shape index (κ3) is 5.19. The van der Waals surface area contributed by atoms with Crippen LogP contribution in [0.15, 0.2) is 66.7 Å². The highest BCUT2D eigenvalue weighted by Crippen LogP contribution is 2.22. The standard InChI is InChI=1S/C24H26N4O/c29-24(10-6-9-19-7-2-1-3-8-19)25-21-13-11-20(12-14-21)22-15-16-23(27-26-22)28-17-4-5-18-28/h1-3,7-8,11-16H,4-6,9-10,17-18H2,(H,25,29). The Labute approximate surface area is 171 Å². The number of aromatic nitrogens is 2. The number of benzene rings is 2. The number of hydrogen-bond donors (Lipinski definition) is 1. The predicted octanol–water partition coefficient (Wildman–Crippen LogP) is 4.71. The number of carbonyl (C=O) groups excluding carboxylic acids is 1. The summed E-state index contributed by atoms with van der Waals surface area (Å²) in [5.41, 5.74) is 3.91. The molecule has 1 aliphatic heterocycles. The number of carbonyl (C=O) groups is 1. The molecule has 0 spiro atoms. The van der Waals surface area contributed by atoms with Crippen LogP contribution in [0.25, 0.3) is 11.3 Å². The first-order chi connectivity index (χ1) is 14.3. The van der Waals surface area contributed by atoms with E-state index in [0.717, 1.165) is 48.7 Å². The van der Waals surface area contributed by atoms with E-state index in [4.69, 9.17) is 0 Å². The minimum Gasteiger partial charge on any atom is -0.355 e. The number of rotatable bonds is 7. The van der Waals surface area contributed by atoms with Gasteiger partial charge in [-0.2, -0.15) is 0 Å². The lowest BCUT2D eigenvalue weighted by Gasteiger charge is -2.15. The average Bonchev–Trinajstić information content (AvgIpc) is 3.30. The van der Waals surface area contributed by atoms with Crippen molar-refractivity contribution in [3.63, 3.8) is 0 Å². The molecule has 3 aromatic rings. The van der Waals surface area contributed by atoms with Crippen molar-refractivity contribution in [2.24, 2.45) is 0 Å². The Morgan fingerprint density at radius 1 is 0.897 bits per heavy atom. The fourth-order valence-electron chi connectivity index (χ4n) is 3.64. The number of aryl methyl sites for hydroxylation is 1. The summed E-state index contributed by atoms with van der Waals surface area (Å²) in [4.78, 5) is 14.5. The molecule has 148 valence electrons. The van der Waals surface area contributed by atoms with Gasteiger partial charge < -0.3 is 10.2 Å². The van der Waals surface area contributed by atoms with Crippen LogP contribution in [0.3, 0.4) is 0 Å². The molecule has 0 atom stereocenters. The van der Waals surface area contributed by atoms with Crippen LogP contribution in [0, 0.1) is 0 Å². The van der Waals surface area contributed by atoms with Gasteiger partial charge in [0, 0.05) is 30.8 Å². The second-order valence-corrected chi connectivity index (χ2v) is 7.44. The third-order valence-electron chi connectivity index (χ3n) is 5.26. The quantitative estimate of drug-likeness (QED) is 0.639. The van der Waals surface area contributed by atoms with E-state index in [9.17, 15) is 4.79 Å². The first-order valence-corrected chi connectivity index (χ1v) is 10.3. The topological polar surface area (TPSA) is 58.1 Å². The first kappa shape index (κ1) is 19.1. The highest BCUT2D eigenvalue weighted by Gasteiger charge is 2.14.